The first-order chi connectivity index (χ1) is 8.22. The molecule has 1 unspecified atom stereocenters. The third kappa shape index (κ3) is 2.52. The van der Waals surface area contributed by atoms with Crippen molar-refractivity contribution in [3.05, 3.63) is 11.1 Å². The molecule has 92 valence electrons. The molecule has 1 aromatic heterocycles. The van der Waals surface area contributed by atoms with Crippen molar-refractivity contribution in [1.29, 1.82) is 0 Å². The first-order valence-electron chi connectivity index (χ1n) is 5.26. The molecule has 0 bridgehead atoms. The van der Waals surface area contributed by atoms with Crippen molar-refractivity contribution in [3.8, 4) is 0 Å². The smallest absolute Gasteiger partial charge is 0.267 e. The first kappa shape index (κ1) is 11.8. The van der Waals surface area contributed by atoms with Gasteiger partial charge in [0.25, 0.3) is 5.91 Å². The van der Waals surface area contributed by atoms with Gasteiger partial charge in [-0.3, -0.25) is 4.79 Å². The molecule has 17 heavy (non-hydrogen) atoms. The molecule has 3 N–H and O–H groups in total. The van der Waals surface area contributed by atoms with Gasteiger partial charge in [0.1, 0.15) is 10.7 Å². The van der Waals surface area contributed by atoms with Gasteiger partial charge in [-0.2, -0.15) is 0 Å². The summed E-state index contributed by atoms with van der Waals surface area (Å²) in [5, 5.41) is 15.3. The first-order valence-corrected chi connectivity index (χ1v) is 6.03. The van der Waals surface area contributed by atoms with Crippen LogP contribution in [0.15, 0.2) is 11.4 Å². The molecule has 8 heteroatoms. The average Bonchev–Trinajstić information content (AvgIpc) is 2.91. The molecule has 0 radical (unpaired) electrons. The van der Waals surface area contributed by atoms with Gasteiger partial charge in [-0.05, 0) is 24.4 Å². The maximum absolute atomic E-state index is 12.0. The van der Waals surface area contributed by atoms with Crippen LogP contribution < -0.4 is 5.73 Å². The molecule has 1 saturated heterocycles. The predicted octanol–water partition coefficient (Wildman–Crippen LogP) is 0.137. The Kier molecular flexibility index (Phi) is 3.52. The van der Waals surface area contributed by atoms with Crippen molar-refractivity contribution in [1.82, 2.24) is 14.5 Å². The van der Waals surface area contributed by atoms with Gasteiger partial charge in [-0.1, -0.05) is 9.64 Å². The van der Waals surface area contributed by atoms with E-state index in [4.69, 9.17) is 10.9 Å². The molecule has 1 aromatic rings. The molecular formula is C9H13N5O2S. The Morgan fingerprint density at radius 1 is 1.71 bits per heavy atom. The lowest BCUT2D eigenvalue weighted by Crippen LogP contribution is -2.44. The molecule has 0 saturated carbocycles. The SMILES string of the molecule is NC(=NO)C1CCCN(C(=O)c2cnns2)C1. The number of oxime groups is 1. The summed E-state index contributed by atoms with van der Waals surface area (Å²) in [4.78, 5) is 14.2. The van der Waals surface area contributed by atoms with E-state index in [0.717, 1.165) is 24.4 Å². The number of likely N-dealkylation sites (tertiary alicyclic amines) is 1. The molecule has 2 rings (SSSR count). The fourth-order valence-corrected chi connectivity index (χ4v) is 2.39. The monoisotopic (exact) mass is 255 g/mol. The summed E-state index contributed by atoms with van der Waals surface area (Å²) < 4.78 is 3.66. The lowest BCUT2D eigenvalue weighted by atomic mass is 9.97. The normalized spacial score (nSPS) is 21.5. The second-order valence-corrected chi connectivity index (χ2v) is 4.68. The van der Waals surface area contributed by atoms with E-state index >= 15 is 0 Å². The van der Waals surface area contributed by atoms with Crippen LogP contribution in [0, 0.1) is 5.92 Å². The lowest BCUT2D eigenvalue weighted by Gasteiger charge is -2.31. The topological polar surface area (TPSA) is 105 Å². The number of piperidine rings is 1. The van der Waals surface area contributed by atoms with Crippen LogP contribution in [0.25, 0.3) is 0 Å². The van der Waals surface area contributed by atoms with E-state index in [-0.39, 0.29) is 17.7 Å². The van der Waals surface area contributed by atoms with Crippen LogP contribution >= 0.6 is 11.5 Å². The minimum atomic E-state index is -0.0876. The summed E-state index contributed by atoms with van der Waals surface area (Å²) in [5.74, 6) is 0.0268. The molecule has 0 spiro atoms. The van der Waals surface area contributed by atoms with Crippen LogP contribution in [0.2, 0.25) is 0 Å². The largest absolute Gasteiger partial charge is 0.409 e. The van der Waals surface area contributed by atoms with Crippen LogP contribution in [-0.4, -0.2) is 44.5 Å². The zero-order chi connectivity index (χ0) is 12.3. The summed E-state index contributed by atoms with van der Waals surface area (Å²) in [6.45, 7) is 1.17. The van der Waals surface area contributed by atoms with Crippen LogP contribution in [0.3, 0.4) is 0 Å². The van der Waals surface area contributed by atoms with Gasteiger partial charge in [-0.15, -0.1) is 5.10 Å². The zero-order valence-corrected chi connectivity index (χ0v) is 9.93. The Bertz CT molecular complexity index is 419. The van der Waals surface area contributed by atoms with E-state index in [9.17, 15) is 4.79 Å². The minimum absolute atomic E-state index is 0.0708. The van der Waals surface area contributed by atoms with E-state index in [0.29, 0.717) is 18.0 Å². The highest BCUT2D eigenvalue weighted by Gasteiger charge is 2.27. The lowest BCUT2D eigenvalue weighted by molar-refractivity contribution is 0.0706. The number of hydrogen-bond acceptors (Lipinski definition) is 6. The third-order valence-electron chi connectivity index (χ3n) is 2.81. The number of hydrogen-bond donors (Lipinski definition) is 2. The maximum Gasteiger partial charge on any atom is 0.267 e. The fourth-order valence-electron chi connectivity index (χ4n) is 1.90. The highest BCUT2D eigenvalue weighted by atomic mass is 32.1. The number of carbonyl (C=O) groups excluding carboxylic acids is 1. The second kappa shape index (κ2) is 5.09. The van der Waals surface area contributed by atoms with Crippen molar-refractivity contribution in [3.63, 3.8) is 0 Å². The summed E-state index contributed by atoms with van der Waals surface area (Å²) >= 11 is 1.08. The van der Waals surface area contributed by atoms with Crippen molar-refractivity contribution < 1.29 is 10.0 Å². The molecule has 1 fully saturated rings. The Hall–Kier alpha value is -1.70. The highest BCUT2D eigenvalue weighted by Crippen LogP contribution is 2.19. The van der Waals surface area contributed by atoms with Crippen molar-refractivity contribution in [2.75, 3.05) is 13.1 Å². The van der Waals surface area contributed by atoms with Gasteiger partial charge >= 0.3 is 0 Å². The maximum atomic E-state index is 12.0. The molecule has 1 aliphatic rings. The summed E-state index contributed by atoms with van der Waals surface area (Å²) in [6.07, 6.45) is 3.14. The van der Waals surface area contributed by atoms with Crippen molar-refractivity contribution >= 4 is 23.3 Å². The fraction of sp³-hybridized carbons (Fsp3) is 0.556. The zero-order valence-electron chi connectivity index (χ0n) is 9.11. The number of amidine groups is 1. The molecule has 1 atom stereocenters. The van der Waals surface area contributed by atoms with Crippen LogP contribution in [0.5, 0.6) is 0 Å². The van der Waals surface area contributed by atoms with Gasteiger partial charge in [0.2, 0.25) is 0 Å². The van der Waals surface area contributed by atoms with Crippen LogP contribution in [-0.2, 0) is 0 Å². The molecule has 0 aromatic carbocycles. The summed E-state index contributed by atoms with van der Waals surface area (Å²) in [6, 6.07) is 0. The third-order valence-corrected chi connectivity index (χ3v) is 3.47. The Morgan fingerprint density at radius 2 is 2.53 bits per heavy atom. The summed E-state index contributed by atoms with van der Waals surface area (Å²) in [5.41, 5.74) is 5.57. The highest BCUT2D eigenvalue weighted by molar-refractivity contribution is 7.07. The van der Waals surface area contributed by atoms with E-state index < -0.39 is 0 Å². The Labute approximate surface area is 102 Å². The quantitative estimate of drug-likeness (QED) is 0.338. The van der Waals surface area contributed by atoms with Crippen LogP contribution in [0.1, 0.15) is 22.5 Å². The van der Waals surface area contributed by atoms with Gasteiger partial charge in [-0.25, -0.2) is 0 Å². The van der Waals surface area contributed by atoms with E-state index in [1.807, 2.05) is 0 Å². The number of nitrogens with zero attached hydrogens (tertiary/aromatic N) is 4. The van der Waals surface area contributed by atoms with E-state index in [1.165, 1.54) is 6.20 Å². The van der Waals surface area contributed by atoms with Crippen molar-refractivity contribution in [2.45, 2.75) is 12.8 Å². The van der Waals surface area contributed by atoms with Gasteiger partial charge < -0.3 is 15.8 Å². The molecule has 1 amide bonds. The molecule has 1 aliphatic heterocycles. The summed E-state index contributed by atoms with van der Waals surface area (Å²) in [7, 11) is 0. The van der Waals surface area contributed by atoms with E-state index in [2.05, 4.69) is 14.7 Å². The standard InChI is InChI=1S/C9H13N5O2S/c10-8(12-16)6-2-1-3-14(5-6)9(15)7-4-11-13-17-7/h4,6,16H,1-3,5H2,(H2,10,12). The van der Waals surface area contributed by atoms with Crippen molar-refractivity contribution in [2.24, 2.45) is 16.8 Å². The second-order valence-electron chi connectivity index (χ2n) is 3.90. The average molecular weight is 255 g/mol. The van der Waals surface area contributed by atoms with Crippen LogP contribution in [0.4, 0.5) is 0 Å². The Morgan fingerprint density at radius 3 is 3.18 bits per heavy atom. The number of nitrogens with two attached hydrogens (primary N) is 1. The number of carbonyl (C=O) groups is 1. The van der Waals surface area contributed by atoms with Gasteiger partial charge in [0, 0.05) is 19.0 Å². The number of aromatic nitrogens is 2. The number of amides is 1. The molecular weight excluding hydrogens is 242 g/mol. The predicted molar refractivity (Wildman–Crippen MR) is 61.9 cm³/mol. The Balaban J connectivity index is 2.05. The molecule has 0 aliphatic carbocycles. The molecule has 7 nitrogen and oxygen atoms in total. The number of rotatable bonds is 2. The minimum Gasteiger partial charge on any atom is -0.409 e. The van der Waals surface area contributed by atoms with Gasteiger partial charge in [0.05, 0.1) is 6.20 Å². The molecule has 2 heterocycles. The van der Waals surface area contributed by atoms with Gasteiger partial charge in [0.15, 0.2) is 0 Å². The van der Waals surface area contributed by atoms with E-state index in [1.54, 1.807) is 4.90 Å².